The molecule has 0 radical (unpaired) electrons. The maximum absolute atomic E-state index is 13.8. The van der Waals surface area contributed by atoms with Gasteiger partial charge in [0.25, 0.3) is 0 Å². The normalized spacial score (nSPS) is 13.5. The summed E-state index contributed by atoms with van der Waals surface area (Å²) in [5, 5.41) is 3.46. The Bertz CT molecular complexity index is 683. The number of thiol groups is 1. The summed E-state index contributed by atoms with van der Waals surface area (Å²) in [6.07, 6.45) is 2.01. The molecule has 0 saturated carbocycles. The summed E-state index contributed by atoms with van der Waals surface area (Å²) in [5.74, 6) is 0.128. The van der Waals surface area contributed by atoms with Gasteiger partial charge in [0, 0.05) is 12.1 Å². The zero-order chi connectivity index (χ0) is 14.3. The lowest BCUT2D eigenvalue weighted by molar-refractivity contribution is 0.615. The van der Waals surface area contributed by atoms with Crippen molar-refractivity contribution in [1.29, 1.82) is 0 Å². The Hall–Kier alpha value is -1.24. The molecule has 0 saturated heterocycles. The van der Waals surface area contributed by atoms with Crippen molar-refractivity contribution in [3.63, 3.8) is 0 Å². The van der Waals surface area contributed by atoms with Crippen molar-refractivity contribution in [1.82, 2.24) is 9.97 Å². The lowest BCUT2D eigenvalue weighted by atomic mass is 10.1. The summed E-state index contributed by atoms with van der Waals surface area (Å²) in [7, 11) is 0. The van der Waals surface area contributed by atoms with Gasteiger partial charge in [-0.25, -0.2) is 9.37 Å². The van der Waals surface area contributed by atoms with Gasteiger partial charge >= 0.3 is 0 Å². The summed E-state index contributed by atoms with van der Waals surface area (Å²) < 4.78 is 15.5. The molecule has 1 aromatic carbocycles. The van der Waals surface area contributed by atoms with E-state index in [-0.39, 0.29) is 11.1 Å². The van der Waals surface area contributed by atoms with E-state index in [1.165, 1.54) is 12.3 Å². The zero-order valence-electron chi connectivity index (χ0n) is 10.1. The summed E-state index contributed by atoms with van der Waals surface area (Å²) in [5.41, 5.74) is 1.99. The van der Waals surface area contributed by atoms with Gasteiger partial charge < -0.3 is 9.62 Å². The molecule has 4 nitrogen and oxygen atoms in total. The minimum absolute atomic E-state index is 0.0818. The molecule has 8 heteroatoms. The molecular formula is C12H9Cl2FN4S. The fraction of sp³-hybridized carbons (Fsp3) is 0.167. The van der Waals surface area contributed by atoms with E-state index in [0.29, 0.717) is 40.7 Å². The van der Waals surface area contributed by atoms with Gasteiger partial charge in [0.05, 0.1) is 17.6 Å². The average Bonchev–Trinajstić information content (AvgIpc) is 2.81. The van der Waals surface area contributed by atoms with Gasteiger partial charge in [0.15, 0.2) is 5.82 Å². The fourth-order valence-electron chi connectivity index (χ4n) is 2.14. The second-order valence-electron chi connectivity index (χ2n) is 4.26. The Balaban J connectivity index is 2.04. The van der Waals surface area contributed by atoms with Crippen LogP contribution in [0.25, 0.3) is 0 Å². The largest absolute Gasteiger partial charge is 0.337 e. The number of aromatic nitrogens is 2. The van der Waals surface area contributed by atoms with Gasteiger partial charge in [-0.05, 0) is 30.2 Å². The van der Waals surface area contributed by atoms with E-state index in [0.717, 1.165) is 0 Å². The molecule has 1 aliphatic rings. The van der Waals surface area contributed by atoms with Crippen molar-refractivity contribution >= 4 is 53.2 Å². The Kier molecular flexibility index (Phi) is 3.62. The van der Waals surface area contributed by atoms with Crippen molar-refractivity contribution in [3.8, 4) is 0 Å². The van der Waals surface area contributed by atoms with Crippen LogP contribution in [0.15, 0.2) is 18.3 Å². The van der Waals surface area contributed by atoms with Crippen LogP contribution in [0.3, 0.4) is 0 Å². The van der Waals surface area contributed by atoms with E-state index in [1.54, 1.807) is 10.4 Å². The predicted molar refractivity (Wildman–Crippen MR) is 81.8 cm³/mol. The number of hydrogen-bond acceptors (Lipinski definition) is 5. The van der Waals surface area contributed by atoms with E-state index >= 15 is 0 Å². The number of hydrogen-bond donors (Lipinski definition) is 2. The maximum Gasteiger partial charge on any atom is 0.224 e. The van der Waals surface area contributed by atoms with Crippen LogP contribution in [0, 0.1) is 5.82 Å². The van der Waals surface area contributed by atoms with Crippen LogP contribution in [-0.2, 0) is 6.42 Å². The van der Waals surface area contributed by atoms with Crippen LogP contribution < -0.4 is 9.62 Å². The number of fused-ring (bicyclic) bond motifs is 1. The minimum Gasteiger partial charge on any atom is -0.337 e. The highest BCUT2D eigenvalue weighted by atomic mass is 35.5. The molecule has 1 aliphatic heterocycles. The van der Waals surface area contributed by atoms with Crippen LogP contribution in [0.1, 0.15) is 5.56 Å². The van der Waals surface area contributed by atoms with Crippen molar-refractivity contribution in [2.75, 3.05) is 16.2 Å². The van der Waals surface area contributed by atoms with Crippen molar-refractivity contribution in [2.45, 2.75) is 6.42 Å². The lowest BCUT2D eigenvalue weighted by Gasteiger charge is -2.17. The number of halogens is 3. The molecule has 0 atom stereocenters. The molecule has 0 fully saturated rings. The molecule has 104 valence electrons. The molecule has 0 amide bonds. The van der Waals surface area contributed by atoms with E-state index in [9.17, 15) is 4.39 Å². The van der Waals surface area contributed by atoms with Crippen LogP contribution in [0.2, 0.25) is 10.3 Å². The Morgan fingerprint density at radius 3 is 2.95 bits per heavy atom. The lowest BCUT2D eigenvalue weighted by Crippen LogP contribution is -2.07. The molecule has 20 heavy (non-hydrogen) atoms. The molecule has 0 spiro atoms. The molecule has 0 bridgehead atoms. The highest BCUT2D eigenvalue weighted by molar-refractivity contribution is 7.81. The molecule has 1 aromatic heterocycles. The number of rotatable bonds is 2. The molecule has 2 aromatic rings. The van der Waals surface area contributed by atoms with E-state index in [4.69, 9.17) is 23.2 Å². The van der Waals surface area contributed by atoms with Crippen LogP contribution in [0.5, 0.6) is 0 Å². The Morgan fingerprint density at radius 1 is 1.35 bits per heavy atom. The Morgan fingerprint density at radius 2 is 2.15 bits per heavy atom. The summed E-state index contributed by atoms with van der Waals surface area (Å²) in [4.78, 5) is 7.79. The van der Waals surface area contributed by atoms with Gasteiger partial charge in [-0.3, -0.25) is 0 Å². The first-order chi connectivity index (χ1) is 9.56. The SMILES string of the molecule is Fc1ccc(Nc2nc(Cl)ncc2Cl)c2c1CCN2S. The molecule has 1 N–H and O–H groups in total. The number of nitrogens with one attached hydrogen (secondary N) is 1. The highest BCUT2D eigenvalue weighted by Gasteiger charge is 2.24. The van der Waals surface area contributed by atoms with E-state index < -0.39 is 0 Å². The second kappa shape index (κ2) is 5.27. The second-order valence-corrected chi connectivity index (χ2v) is 5.48. The first kappa shape index (κ1) is 13.7. The first-order valence-electron chi connectivity index (χ1n) is 5.79. The standard InChI is InChI=1S/C12H9Cl2FN4S/c13-7-5-16-12(14)18-11(7)17-9-2-1-8(15)6-3-4-19(20)10(6)9/h1-2,5,20H,3-4H2,(H,16,17,18). The van der Waals surface area contributed by atoms with Gasteiger partial charge in [-0.2, -0.15) is 4.98 Å². The summed E-state index contributed by atoms with van der Waals surface area (Å²) in [6, 6.07) is 3.03. The third kappa shape index (κ3) is 2.39. The van der Waals surface area contributed by atoms with E-state index in [1.807, 2.05) is 0 Å². The zero-order valence-corrected chi connectivity index (χ0v) is 12.5. The number of nitrogens with zero attached hydrogens (tertiary/aromatic N) is 3. The summed E-state index contributed by atoms with van der Waals surface area (Å²) in [6.45, 7) is 0.645. The number of anilines is 3. The first-order valence-corrected chi connectivity index (χ1v) is 6.94. The Labute approximate surface area is 130 Å². The third-order valence-electron chi connectivity index (χ3n) is 3.03. The van der Waals surface area contributed by atoms with Crippen molar-refractivity contribution < 1.29 is 4.39 Å². The quantitative estimate of drug-likeness (QED) is 0.647. The minimum atomic E-state index is -0.242. The maximum atomic E-state index is 13.8. The predicted octanol–water partition coefficient (Wildman–Crippen LogP) is 3.87. The van der Waals surface area contributed by atoms with Gasteiger partial charge in [0.1, 0.15) is 10.8 Å². The topological polar surface area (TPSA) is 41.1 Å². The molecule has 3 rings (SSSR count). The number of benzene rings is 1. The average molecular weight is 331 g/mol. The third-order valence-corrected chi connectivity index (χ3v) is 3.88. The van der Waals surface area contributed by atoms with Crippen LogP contribution in [0.4, 0.5) is 21.6 Å². The van der Waals surface area contributed by atoms with Crippen molar-refractivity contribution in [3.05, 3.63) is 40.0 Å². The summed E-state index contributed by atoms with van der Waals surface area (Å²) >= 11 is 16.1. The van der Waals surface area contributed by atoms with Crippen molar-refractivity contribution in [2.24, 2.45) is 0 Å². The molecule has 0 unspecified atom stereocenters. The van der Waals surface area contributed by atoms with E-state index in [2.05, 4.69) is 28.1 Å². The molecular weight excluding hydrogens is 322 g/mol. The van der Waals surface area contributed by atoms with Gasteiger partial charge in [-0.15, -0.1) is 0 Å². The fourth-order valence-corrected chi connectivity index (χ4v) is 2.74. The highest BCUT2D eigenvalue weighted by Crippen LogP contribution is 2.40. The molecule has 0 aliphatic carbocycles. The smallest absolute Gasteiger partial charge is 0.224 e. The van der Waals surface area contributed by atoms with Gasteiger partial charge in [0.2, 0.25) is 5.28 Å². The van der Waals surface area contributed by atoms with Crippen LogP contribution >= 0.6 is 36.0 Å². The monoisotopic (exact) mass is 330 g/mol. The molecule has 2 heterocycles. The van der Waals surface area contributed by atoms with Crippen LogP contribution in [-0.4, -0.2) is 16.5 Å². The van der Waals surface area contributed by atoms with Gasteiger partial charge in [-0.1, -0.05) is 24.4 Å².